The molecule has 0 atom stereocenters. The van der Waals surface area contributed by atoms with Gasteiger partial charge in [-0.2, -0.15) is 0 Å². The van der Waals surface area contributed by atoms with Gasteiger partial charge in [0.1, 0.15) is 12.4 Å². The molecule has 112 valence electrons. The lowest BCUT2D eigenvalue weighted by molar-refractivity contribution is -0.122. The molecule has 7 heteroatoms. The van der Waals surface area contributed by atoms with Crippen molar-refractivity contribution < 1.29 is 18.8 Å². The van der Waals surface area contributed by atoms with Gasteiger partial charge in [0.2, 0.25) is 5.91 Å². The summed E-state index contributed by atoms with van der Waals surface area (Å²) in [6.07, 6.45) is 1.74. The van der Waals surface area contributed by atoms with E-state index in [4.69, 9.17) is 11.6 Å². The second-order valence-corrected chi connectivity index (χ2v) is 5.11. The molecule has 0 aliphatic carbocycles. The van der Waals surface area contributed by atoms with Crippen LogP contribution in [0.3, 0.4) is 0 Å². The van der Waals surface area contributed by atoms with Crippen LogP contribution >= 0.6 is 11.6 Å². The first-order chi connectivity index (χ1) is 9.95. The van der Waals surface area contributed by atoms with E-state index in [0.29, 0.717) is 6.54 Å². The number of anilines is 1. The number of benzene rings is 1. The highest BCUT2D eigenvalue weighted by Crippen LogP contribution is 2.32. The summed E-state index contributed by atoms with van der Waals surface area (Å²) in [4.78, 5) is 36.4. The average Bonchev–Trinajstić information content (AvgIpc) is 2.65. The summed E-state index contributed by atoms with van der Waals surface area (Å²) < 4.78 is 13.5. The van der Waals surface area contributed by atoms with Crippen molar-refractivity contribution >= 4 is 34.9 Å². The summed E-state index contributed by atoms with van der Waals surface area (Å²) in [5, 5.41) is 2.41. The molecule has 1 N–H and O–H groups in total. The molecule has 0 unspecified atom stereocenters. The normalized spacial score (nSPS) is 13.6. The highest BCUT2D eigenvalue weighted by atomic mass is 35.5. The van der Waals surface area contributed by atoms with Crippen LogP contribution in [0.1, 0.15) is 30.1 Å². The summed E-state index contributed by atoms with van der Waals surface area (Å²) in [6, 6.07) is 2.11. The highest BCUT2D eigenvalue weighted by molar-refractivity contribution is 6.53. The molecule has 21 heavy (non-hydrogen) atoms. The Hall–Kier alpha value is -1.95. The van der Waals surface area contributed by atoms with Crippen LogP contribution < -0.4 is 10.2 Å². The van der Waals surface area contributed by atoms with Crippen LogP contribution in [-0.2, 0) is 9.59 Å². The van der Waals surface area contributed by atoms with E-state index in [9.17, 15) is 18.8 Å². The highest BCUT2D eigenvalue weighted by Gasteiger charge is 2.37. The monoisotopic (exact) mass is 312 g/mol. The number of nitrogens with one attached hydrogen (secondary N) is 1. The molecule has 1 aromatic carbocycles. The standard InChI is InChI=1S/C14H14ClFN2O3/c1-2-3-4-17-12(19)7-18-11-6-10(16)9(15)5-8(11)13(20)14(18)21/h5-6H,2-4,7H2,1H3,(H,17,19). The quantitative estimate of drug-likeness (QED) is 0.667. The van der Waals surface area contributed by atoms with Gasteiger partial charge >= 0.3 is 0 Å². The molecule has 5 nitrogen and oxygen atoms in total. The Morgan fingerprint density at radius 2 is 2.10 bits per heavy atom. The van der Waals surface area contributed by atoms with Crippen molar-refractivity contribution in [3.05, 3.63) is 28.5 Å². The number of halogens is 2. The molecule has 0 fully saturated rings. The molecular weight excluding hydrogens is 299 g/mol. The van der Waals surface area contributed by atoms with E-state index in [1.165, 1.54) is 0 Å². The Kier molecular flexibility index (Phi) is 4.57. The largest absolute Gasteiger partial charge is 0.355 e. The molecule has 1 aliphatic heterocycles. The molecule has 1 aliphatic rings. The fourth-order valence-corrected chi connectivity index (χ4v) is 2.21. The van der Waals surface area contributed by atoms with E-state index >= 15 is 0 Å². The minimum absolute atomic E-state index is 0.0211. The van der Waals surface area contributed by atoms with Crippen molar-refractivity contribution in [1.82, 2.24) is 5.32 Å². The van der Waals surface area contributed by atoms with Gasteiger partial charge in [-0.25, -0.2) is 4.39 Å². The number of hydrogen-bond acceptors (Lipinski definition) is 3. The molecule has 2 amide bonds. The Balaban J connectivity index is 2.19. The van der Waals surface area contributed by atoms with E-state index < -0.39 is 23.4 Å². The SMILES string of the molecule is CCCCNC(=O)CN1C(=O)C(=O)c2cc(Cl)c(F)cc21. The third-order valence-electron chi connectivity index (χ3n) is 3.17. The summed E-state index contributed by atoms with van der Waals surface area (Å²) in [5.41, 5.74) is 0.102. The van der Waals surface area contributed by atoms with Gasteiger partial charge < -0.3 is 5.32 Å². The summed E-state index contributed by atoms with van der Waals surface area (Å²) in [5.74, 6) is -2.77. The maximum absolute atomic E-state index is 13.5. The zero-order valence-electron chi connectivity index (χ0n) is 11.4. The minimum Gasteiger partial charge on any atom is -0.355 e. The van der Waals surface area contributed by atoms with Crippen LogP contribution in [0.25, 0.3) is 0 Å². The number of unbranched alkanes of at least 4 members (excludes halogenated alkanes) is 1. The smallest absolute Gasteiger partial charge is 0.299 e. The first-order valence-electron chi connectivity index (χ1n) is 6.57. The van der Waals surface area contributed by atoms with Crippen molar-refractivity contribution in [3.63, 3.8) is 0 Å². The maximum Gasteiger partial charge on any atom is 0.299 e. The van der Waals surface area contributed by atoms with E-state index in [1.54, 1.807) is 0 Å². The van der Waals surface area contributed by atoms with Gasteiger partial charge in [-0.1, -0.05) is 24.9 Å². The molecule has 1 aromatic rings. The number of rotatable bonds is 5. The fraction of sp³-hybridized carbons (Fsp3) is 0.357. The third-order valence-corrected chi connectivity index (χ3v) is 3.46. The predicted molar refractivity (Wildman–Crippen MR) is 76.0 cm³/mol. The van der Waals surface area contributed by atoms with Crippen molar-refractivity contribution in [2.75, 3.05) is 18.0 Å². The predicted octanol–water partition coefficient (Wildman–Crippen LogP) is 1.92. The number of fused-ring (bicyclic) bond motifs is 1. The van der Waals surface area contributed by atoms with Crippen LogP contribution in [0, 0.1) is 5.82 Å². The van der Waals surface area contributed by atoms with Crippen molar-refractivity contribution in [3.8, 4) is 0 Å². The number of nitrogens with zero attached hydrogens (tertiary/aromatic N) is 1. The van der Waals surface area contributed by atoms with Crippen LogP contribution in [0.2, 0.25) is 5.02 Å². The Labute approximate surface area is 126 Å². The van der Waals surface area contributed by atoms with Gasteiger partial charge in [0, 0.05) is 6.54 Å². The lowest BCUT2D eigenvalue weighted by Gasteiger charge is -2.16. The van der Waals surface area contributed by atoms with Gasteiger partial charge in [0.05, 0.1) is 16.3 Å². The van der Waals surface area contributed by atoms with Crippen molar-refractivity contribution in [2.45, 2.75) is 19.8 Å². The zero-order chi connectivity index (χ0) is 15.6. The lowest BCUT2D eigenvalue weighted by Crippen LogP contribution is -2.40. The molecule has 0 aromatic heterocycles. The van der Waals surface area contributed by atoms with Crippen LogP contribution in [0.15, 0.2) is 12.1 Å². The van der Waals surface area contributed by atoms with Crippen molar-refractivity contribution in [1.29, 1.82) is 0 Å². The molecular formula is C14H14ClFN2O3. The first kappa shape index (κ1) is 15.4. The second kappa shape index (κ2) is 6.22. The topological polar surface area (TPSA) is 66.5 Å². The Bertz CT molecular complexity index is 618. The molecule has 0 saturated heterocycles. The van der Waals surface area contributed by atoms with Gasteiger partial charge in [0.15, 0.2) is 0 Å². The van der Waals surface area contributed by atoms with Crippen LogP contribution in [0.5, 0.6) is 0 Å². The van der Waals surface area contributed by atoms with Crippen molar-refractivity contribution in [2.24, 2.45) is 0 Å². The van der Waals surface area contributed by atoms with E-state index in [2.05, 4.69) is 5.32 Å². The maximum atomic E-state index is 13.5. The minimum atomic E-state index is -0.850. The zero-order valence-corrected chi connectivity index (χ0v) is 12.2. The molecule has 0 spiro atoms. The Morgan fingerprint density at radius 1 is 1.38 bits per heavy atom. The first-order valence-corrected chi connectivity index (χ1v) is 6.95. The second-order valence-electron chi connectivity index (χ2n) is 4.71. The molecule has 0 saturated carbocycles. The number of carbonyl (C=O) groups excluding carboxylic acids is 3. The lowest BCUT2D eigenvalue weighted by atomic mass is 10.1. The van der Waals surface area contributed by atoms with E-state index in [0.717, 1.165) is 29.9 Å². The van der Waals surface area contributed by atoms with E-state index in [1.807, 2.05) is 6.92 Å². The number of carbonyl (C=O) groups is 3. The number of amides is 2. The average molecular weight is 313 g/mol. The summed E-state index contributed by atoms with van der Waals surface area (Å²) >= 11 is 5.61. The fourth-order valence-electron chi connectivity index (χ4n) is 2.05. The van der Waals surface area contributed by atoms with Gasteiger partial charge in [0.25, 0.3) is 11.7 Å². The Morgan fingerprint density at radius 3 is 2.76 bits per heavy atom. The summed E-state index contributed by atoms with van der Waals surface area (Å²) in [7, 11) is 0. The third kappa shape index (κ3) is 3.05. The number of hydrogen-bond donors (Lipinski definition) is 1. The molecule has 0 bridgehead atoms. The molecule has 2 rings (SSSR count). The molecule has 1 heterocycles. The van der Waals surface area contributed by atoms with Gasteiger partial charge in [-0.15, -0.1) is 0 Å². The number of Topliss-reactive ketones (excluding diaryl/α,β-unsaturated/α-hetero) is 1. The van der Waals surface area contributed by atoms with E-state index in [-0.39, 0.29) is 22.8 Å². The molecule has 0 radical (unpaired) electrons. The van der Waals surface area contributed by atoms with Gasteiger partial charge in [-0.3, -0.25) is 19.3 Å². The van der Waals surface area contributed by atoms with Crippen LogP contribution in [-0.4, -0.2) is 30.7 Å². The van der Waals surface area contributed by atoms with Gasteiger partial charge in [-0.05, 0) is 18.6 Å². The summed E-state index contributed by atoms with van der Waals surface area (Å²) in [6.45, 7) is 2.16. The number of ketones is 1. The van der Waals surface area contributed by atoms with Crippen LogP contribution in [0.4, 0.5) is 10.1 Å².